The van der Waals surface area contributed by atoms with Crippen molar-refractivity contribution >= 4 is 11.9 Å². The molecule has 0 aromatic heterocycles. The molecule has 1 saturated carbocycles. The molecule has 0 bridgehead atoms. The van der Waals surface area contributed by atoms with Gasteiger partial charge in [0.1, 0.15) is 5.60 Å². The molecule has 11 heteroatoms. The van der Waals surface area contributed by atoms with E-state index < -0.39 is 41.6 Å². The summed E-state index contributed by atoms with van der Waals surface area (Å²) in [7, 11) is 0. The molecule has 0 radical (unpaired) electrons. The molecule has 26 heavy (non-hydrogen) atoms. The molecule has 0 saturated heterocycles. The zero-order valence-corrected chi connectivity index (χ0v) is 14.3. The smallest absolute Gasteiger partial charge is 0.437 e. The molecule has 0 aromatic rings. The lowest BCUT2D eigenvalue weighted by molar-refractivity contribution is -0.357. The van der Waals surface area contributed by atoms with E-state index in [-0.39, 0.29) is 5.92 Å². The van der Waals surface area contributed by atoms with Crippen LogP contribution in [0.4, 0.5) is 26.3 Å². The van der Waals surface area contributed by atoms with Crippen molar-refractivity contribution in [3.63, 3.8) is 0 Å². The highest BCUT2D eigenvalue weighted by atomic mass is 19.4. The van der Waals surface area contributed by atoms with E-state index in [1.54, 1.807) is 13.8 Å². The average Bonchev–Trinajstić information content (AvgIpc) is 2.98. The molecule has 1 rings (SSSR count). The highest BCUT2D eigenvalue weighted by Gasteiger charge is 2.77. The molecule has 0 aliphatic heterocycles. The summed E-state index contributed by atoms with van der Waals surface area (Å²) in [6, 6.07) is 0. The molecular formula is C15H20F6O5. The SMILES string of the molecule is CC(OC(=O)C(O)(C(F)(F)F)C(F)(F)F)C(=O)OC(C)(C)C1CCCC1. The van der Waals surface area contributed by atoms with Crippen LogP contribution in [0, 0.1) is 5.92 Å². The molecule has 5 nitrogen and oxygen atoms in total. The number of esters is 2. The van der Waals surface area contributed by atoms with Gasteiger partial charge in [-0.15, -0.1) is 0 Å². The lowest BCUT2D eigenvalue weighted by Gasteiger charge is -2.33. The summed E-state index contributed by atoms with van der Waals surface area (Å²) in [6.45, 7) is 3.87. The fourth-order valence-corrected chi connectivity index (χ4v) is 2.73. The van der Waals surface area contributed by atoms with Crippen molar-refractivity contribution in [2.24, 2.45) is 5.92 Å². The van der Waals surface area contributed by atoms with Gasteiger partial charge in [0.2, 0.25) is 0 Å². The summed E-state index contributed by atoms with van der Waals surface area (Å²) in [5, 5.41) is 8.91. The Morgan fingerprint density at radius 2 is 1.42 bits per heavy atom. The van der Waals surface area contributed by atoms with E-state index in [4.69, 9.17) is 9.84 Å². The molecular weight excluding hydrogens is 374 g/mol. The van der Waals surface area contributed by atoms with Crippen molar-refractivity contribution in [3.8, 4) is 0 Å². The fraction of sp³-hybridized carbons (Fsp3) is 0.867. The van der Waals surface area contributed by atoms with Gasteiger partial charge in [-0.05, 0) is 39.5 Å². The second-order valence-corrected chi connectivity index (χ2v) is 6.76. The number of carbonyl (C=O) groups is 2. The van der Waals surface area contributed by atoms with E-state index in [0.717, 1.165) is 32.6 Å². The number of ether oxygens (including phenoxy) is 2. The van der Waals surface area contributed by atoms with Gasteiger partial charge in [0, 0.05) is 0 Å². The van der Waals surface area contributed by atoms with E-state index in [2.05, 4.69) is 4.74 Å². The number of rotatable bonds is 5. The predicted octanol–water partition coefficient (Wildman–Crippen LogP) is 3.29. The van der Waals surface area contributed by atoms with Gasteiger partial charge in [-0.25, -0.2) is 9.59 Å². The van der Waals surface area contributed by atoms with Crippen LogP contribution in [-0.2, 0) is 19.1 Å². The van der Waals surface area contributed by atoms with Crippen LogP contribution in [0.1, 0.15) is 46.5 Å². The summed E-state index contributed by atoms with van der Waals surface area (Å²) in [5.74, 6) is -4.38. The Morgan fingerprint density at radius 1 is 1.00 bits per heavy atom. The molecule has 0 aromatic carbocycles. The third-order valence-corrected chi connectivity index (χ3v) is 4.43. The van der Waals surface area contributed by atoms with Gasteiger partial charge < -0.3 is 14.6 Å². The third-order valence-electron chi connectivity index (χ3n) is 4.43. The van der Waals surface area contributed by atoms with E-state index in [1.165, 1.54) is 0 Å². The van der Waals surface area contributed by atoms with Crippen LogP contribution in [-0.4, -0.2) is 46.7 Å². The van der Waals surface area contributed by atoms with E-state index in [9.17, 15) is 35.9 Å². The fourth-order valence-electron chi connectivity index (χ4n) is 2.73. The van der Waals surface area contributed by atoms with Gasteiger partial charge in [-0.3, -0.25) is 0 Å². The zero-order chi connectivity index (χ0) is 20.6. The maximum absolute atomic E-state index is 12.6. The highest BCUT2D eigenvalue weighted by Crippen LogP contribution is 2.44. The lowest BCUT2D eigenvalue weighted by atomic mass is 9.89. The van der Waals surface area contributed by atoms with Gasteiger partial charge in [0.05, 0.1) is 0 Å². The van der Waals surface area contributed by atoms with Crippen molar-refractivity contribution in [1.29, 1.82) is 0 Å². The monoisotopic (exact) mass is 394 g/mol. The Hall–Kier alpha value is -1.52. The van der Waals surface area contributed by atoms with Crippen LogP contribution in [0.3, 0.4) is 0 Å². The summed E-state index contributed by atoms with van der Waals surface area (Å²) in [4.78, 5) is 23.3. The quantitative estimate of drug-likeness (QED) is 0.572. The minimum Gasteiger partial charge on any atom is -0.457 e. The molecule has 1 fully saturated rings. The number of halogens is 6. The molecule has 1 aliphatic rings. The predicted molar refractivity (Wildman–Crippen MR) is 74.7 cm³/mol. The van der Waals surface area contributed by atoms with Crippen molar-refractivity contribution in [3.05, 3.63) is 0 Å². The molecule has 1 unspecified atom stereocenters. The van der Waals surface area contributed by atoms with Gasteiger partial charge in [-0.2, -0.15) is 26.3 Å². The van der Waals surface area contributed by atoms with Crippen molar-refractivity contribution in [2.45, 2.75) is 76.1 Å². The number of alkyl halides is 6. The molecule has 1 N–H and O–H groups in total. The number of aliphatic hydroxyl groups is 1. The Kier molecular flexibility index (Phi) is 6.27. The molecule has 0 amide bonds. The van der Waals surface area contributed by atoms with Crippen LogP contribution in [0.15, 0.2) is 0 Å². The topological polar surface area (TPSA) is 72.8 Å². The largest absolute Gasteiger partial charge is 0.457 e. The van der Waals surface area contributed by atoms with Crippen molar-refractivity contribution < 1.29 is 50.5 Å². The first-order valence-electron chi connectivity index (χ1n) is 7.84. The molecule has 1 aliphatic carbocycles. The molecule has 152 valence electrons. The first-order valence-corrected chi connectivity index (χ1v) is 7.84. The van der Waals surface area contributed by atoms with E-state index >= 15 is 0 Å². The van der Waals surface area contributed by atoms with Crippen LogP contribution < -0.4 is 0 Å². The lowest BCUT2D eigenvalue weighted by Crippen LogP contribution is -2.63. The molecule has 0 spiro atoms. The number of hydrogen-bond acceptors (Lipinski definition) is 5. The Balaban J connectivity index is 2.86. The standard InChI is InChI=1S/C15H20F6O5/c1-8(10(22)26-12(2,3)9-6-4-5-7-9)25-11(23)13(24,14(16,17)18)15(19,20)21/h8-9,24H,4-7H2,1-3H3. The summed E-state index contributed by atoms with van der Waals surface area (Å²) in [6.07, 6.45) is -11.5. The van der Waals surface area contributed by atoms with Crippen molar-refractivity contribution in [2.75, 3.05) is 0 Å². The second kappa shape index (κ2) is 7.24. The van der Waals surface area contributed by atoms with E-state index in [0.29, 0.717) is 0 Å². The van der Waals surface area contributed by atoms with E-state index in [1.807, 2.05) is 0 Å². The van der Waals surface area contributed by atoms with Crippen LogP contribution in [0.25, 0.3) is 0 Å². The third kappa shape index (κ3) is 4.41. The normalized spacial score (nSPS) is 18.5. The maximum Gasteiger partial charge on any atom is 0.437 e. The molecule has 0 heterocycles. The van der Waals surface area contributed by atoms with Gasteiger partial charge in [-0.1, -0.05) is 12.8 Å². The Bertz CT molecular complexity index is 520. The van der Waals surface area contributed by atoms with Gasteiger partial charge >= 0.3 is 29.9 Å². The average molecular weight is 394 g/mol. The molecule has 1 atom stereocenters. The number of carbonyl (C=O) groups excluding carboxylic acids is 2. The number of hydrogen-bond donors (Lipinski definition) is 1. The minimum atomic E-state index is -6.38. The summed E-state index contributed by atoms with van der Waals surface area (Å²) in [5.41, 5.74) is -6.77. The summed E-state index contributed by atoms with van der Waals surface area (Å²) >= 11 is 0. The Morgan fingerprint density at radius 3 is 1.81 bits per heavy atom. The summed E-state index contributed by atoms with van der Waals surface area (Å²) < 4.78 is 84.6. The minimum absolute atomic E-state index is 0.0309. The van der Waals surface area contributed by atoms with Crippen LogP contribution in [0.5, 0.6) is 0 Å². The highest BCUT2D eigenvalue weighted by molar-refractivity contribution is 5.85. The second-order valence-electron chi connectivity index (χ2n) is 6.76. The van der Waals surface area contributed by atoms with Crippen LogP contribution >= 0.6 is 0 Å². The van der Waals surface area contributed by atoms with Gasteiger partial charge in [0.25, 0.3) is 0 Å². The van der Waals surface area contributed by atoms with Crippen LogP contribution in [0.2, 0.25) is 0 Å². The first kappa shape index (κ1) is 22.5. The van der Waals surface area contributed by atoms with Crippen molar-refractivity contribution in [1.82, 2.24) is 0 Å². The Labute approximate surface area is 145 Å². The van der Waals surface area contributed by atoms with Gasteiger partial charge in [0.15, 0.2) is 6.10 Å². The maximum atomic E-state index is 12.6. The zero-order valence-electron chi connectivity index (χ0n) is 14.3. The first-order chi connectivity index (χ1) is 11.5.